The summed E-state index contributed by atoms with van der Waals surface area (Å²) in [7, 11) is 0. The van der Waals surface area contributed by atoms with Crippen molar-refractivity contribution in [2.24, 2.45) is 0 Å². The van der Waals surface area contributed by atoms with Crippen molar-refractivity contribution < 1.29 is 19.0 Å². The Kier molecular flexibility index (Phi) is 5.33. The highest BCUT2D eigenvalue weighted by atomic mass is 19.1. The molecule has 166 valence electrons. The summed E-state index contributed by atoms with van der Waals surface area (Å²) < 4.78 is 23.7. The second-order valence-electron chi connectivity index (χ2n) is 8.96. The highest BCUT2D eigenvalue weighted by molar-refractivity contribution is 5.91. The highest BCUT2D eigenvalue weighted by Crippen LogP contribution is 2.46. The van der Waals surface area contributed by atoms with Gasteiger partial charge in [0.15, 0.2) is 0 Å². The van der Waals surface area contributed by atoms with E-state index in [0.29, 0.717) is 35.8 Å². The van der Waals surface area contributed by atoms with Crippen molar-refractivity contribution in [2.45, 2.75) is 70.1 Å². The summed E-state index contributed by atoms with van der Waals surface area (Å²) in [6, 6.07) is 1.49. The predicted molar refractivity (Wildman–Crippen MR) is 115 cm³/mol. The molecular formula is C23H29FN4O3. The molecule has 2 fully saturated rings. The van der Waals surface area contributed by atoms with Crippen molar-refractivity contribution in [1.82, 2.24) is 15.1 Å². The number of fused-ring (bicyclic) bond motifs is 1. The van der Waals surface area contributed by atoms with Gasteiger partial charge in [-0.3, -0.25) is 9.58 Å². The first-order chi connectivity index (χ1) is 15.0. The van der Waals surface area contributed by atoms with Crippen LogP contribution in [0.2, 0.25) is 0 Å². The van der Waals surface area contributed by atoms with E-state index in [1.54, 1.807) is 6.20 Å². The lowest BCUT2D eigenvalue weighted by molar-refractivity contribution is 0.119. The van der Waals surface area contributed by atoms with Crippen LogP contribution in [-0.2, 0) is 6.42 Å². The maximum atomic E-state index is 15.4. The molecule has 1 saturated carbocycles. The van der Waals surface area contributed by atoms with Crippen LogP contribution in [0.4, 0.5) is 14.9 Å². The van der Waals surface area contributed by atoms with Crippen molar-refractivity contribution in [3.05, 3.63) is 29.8 Å². The van der Waals surface area contributed by atoms with Gasteiger partial charge in [0.1, 0.15) is 11.6 Å². The van der Waals surface area contributed by atoms with Crippen LogP contribution in [0.25, 0.3) is 11.1 Å². The number of halogens is 1. The van der Waals surface area contributed by atoms with Crippen LogP contribution in [0, 0.1) is 5.82 Å². The van der Waals surface area contributed by atoms with Gasteiger partial charge in [0, 0.05) is 28.9 Å². The molecule has 1 saturated heterocycles. The minimum Gasteiger partial charge on any atom is -0.489 e. The summed E-state index contributed by atoms with van der Waals surface area (Å²) in [5.74, 6) is 0.110. The van der Waals surface area contributed by atoms with Crippen LogP contribution < -0.4 is 15.0 Å². The molecule has 1 aromatic carbocycles. The predicted octanol–water partition coefficient (Wildman–Crippen LogP) is 4.36. The van der Waals surface area contributed by atoms with Gasteiger partial charge in [-0.25, -0.2) is 9.18 Å². The zero-order chi connectivity index (χ0) is 21.5. The van der Waals surface area contributed by atoms with Gasteiger partial charge in [0.2, 0.25) is 0 Å². The lowest BCUT2D eigenvalue weighted by Crippen LogP contribution is -2.42. The lowest BCUT2D eigenvalue weighted by atomic mass is 9.91. The third-order valence-electron chi connectivity index (χ3n) is 6.93. The molecule has 2 N–H and O–H groups in total. The normalized spacial score (nSPS) is 22.1. The summed E-state index contributed by atoms with van der Waals surface area (Å²) in [6.07, 6.45) is 9.04. The van der Waals surface area contributed by atoms with Crippen molar-refractivity contribution in [1.29, 1.82) is 0 Å². The van der Waals surface area contributed by atoms with Crippen LogP contribution in [0.3, 0.4) is 0 Å². The van der Waals surface area contributed by atoms with E-state index >= 15 is 4.39 Å². The number of anilines is 1. The van der Waals surface area contributed by atoms with Crippen molar-refractivity contribution in [2.75, 3.05) is 18.0 Å². The Morgan fingerprint density at radius 3 is 2.71 bits per heavy atom. The fourth-order valence-corrected chi connectivity index (χ4v) is 4.91. The van der Waals surface area contributed by atoms with Gasteiger partial charge >= 0.3 is 6.09 Å². The molecule has 1 amide bonds. The van der Waals surface area contributed by atoms with E-state index in [4.69, 9.17) is 4.74 Å². The number of hydrogen-bond donors (Lipinski definition) is 2. The van der Waals surface area contributed by atoms with E-state index in [2.05, 4.69) is 10.4 Å². The molecule has 1 atom stereocenters. The Labute approximate surface area is 181 Å². The minimum atomic E-state index is -1.13. The second-order valence-corrected chi connectivity index (χ2v) is 8.96. The summed E-state index contributed by atoms with van der Waals surface area (Å²) >= 11 is 0. The zero-order valence-electron chi connectivity index (χ0n) is 17.8. The van der Waals surface area contributed by atoms with Gasteiger partial charge in [0.25, 0.3) is 0 Å². The average molecular weight is 429 g/mol. The first-order valence-electron chi connectivity index (χ1n) is 11.3. The average Bonchev–Trinajstić information content (AvgIpc) is 3.22. The molecule has 3 aliphatic rings. The molecule has 7 nitrogen and oxygen atoms in total. The molecular weight excluding hydrogens is 399 g/mol. The second kappa shape index (κ2) is 8.15. The maximum Gasteiger partial charge on any atom is 0.412 e. The molecule has 5 rings (SSSR count). The Hall–Kier alpha value is -2.61. The molecule has 0 radical (unpaired) electrons. The quantitative estimate of drug-likeness (QED) is 0.756. The smallest absolute Gasteiger partial charge is 0.412 e. The maximum absolute atomic E-state index is 15.4. The number of hydrogen-bond acceptors (Lipinski definition) is 4. The Morgan fingerprint density at radius 1 is 1.26 bits per heavy atom. The Morgan fingerprint density at radius 2 is 2.03 bits per heavy atom. The molecule has 3 heterocycles. The molecule has 2 aromatic rings. The number of nitrogens with one attached hydrogen (secondary N) is 1. The first kappa shape index (κ1) is 20.3. The Balaban J connectivity index is 1.59. The number of aromatic nitrogens is 2. The van der Waals surface area contributed by atoms with Gasteiger partial charge in [-0.1, -0.05) is 0 Å². The number of benzene rings is 1. The summed E-state index contributed by atoms with van der Waals surface area (Å²) in [6.45, 7) is 3.75. The van der Waals surface area contributed by atoms with Gasteiger partial charge < -0.3 is 15.2 Å². The monoisotopic (exact) mass is 428 g/mol. The third kappa shape index (κ3) is 3.67. The van der Waals surface area contributed by atoms with Gasteiger partial charge in [-0.15, -0.1) is 0 Å². The van der Waals surface area contributed by atoms with Crippen molar-refractivity contribution in [3.8, 4) is 16.9 Å². The first-order valence-corrected chi connectivity index (χ1v) is 11.3. The highest BCUT2D eigenvalue weighted by Gasteiger charge is 2.35. The fourth-order valence-electron chi connectivity index (χ4n) is 4.91. The van der Waals surface area contributed by atoms with E-state index in [0.717, 1.165) is 55.7 Å². The van der Waals surface area contributed by atoms with Crippen LogP contribution in [0.15, 0.2) is 18.5 Å². The van der Waals surface area contributed by atoms with Gasteiger partial charge in [0.05, 0.1) is 24.0 Å². The van der Waals surface area contributed by atoms with E-state index in [9.17, 15) is 9.90 Å². The van der Waals surface area contributed by atoms with Crippen LogP contribution >= 0.6 is 0 Å². The molecule has 0 bridgehead atoms. The number of carboxylic acid groups (broad SMARTS) is 1. The number of ether oxygens (including phenoxy) is 1. The topological polar surface area (TPSA) is 79.6 Å². The summed E-state index contributed by atoms with van der Waals surface area (Å²) in [5.41, 5.74) is 2.30. The number of piperidine rings is 1. The Bertz CT molecular complexity index is 981. The van der Waals surface area contributed by atoms with Gasteiger partial charge in [-0.05, 0) is 71.0 Å². The number of amides is 1. The van der Waals surface area contributed by atoms with Crippen LogP contribution in [0.5, 0.6) is 5.75 Å². The van der Waals surface area contributed by atoms with E-state index in [-0.39, 0.29) is 17.8 Å². The van der Waals surface area contributed by atoms with E-state index in [1.807, 2.05) is 17.8 Å². The summed E-state index contributed by atoms with van der Waals surface area (Å²) in [5, 5.41) is 17.7. The molecule has 8 heteroatoms. The van der Waals surface area contributed by atoms with Crippen LogP contribution in [-0.4, -0.2) is 46.2 Å². The summed E-state index contributed by atoms with van der Waals surface area (Å²) in [4.78, 5) is 13.1. The van der Waals surface area contributed by atoms with E-state index < -0.39 is 11.9 Å². The van der Waals surface area contributed by atoms with Crippen molar-refractivity contribution >= 4 is 11.8 Å². The van der Waals surface area contributed by atoms with Gasteiger partial charge in [-0.2, -0.15) is 5.10 Å². The molecule has 1 aliphatic carbocycles. The third-order valence-corrected chi connectivity index (χ3v) is 6.93. The SMILES string of the molecule is C[C@H]1CCc2c(OC3CCC3)c(-c3cnn(C4CCNCC4)c3)cc(F)c2N1C(=O)O. The molecule has 31 heavy (non-hydrogen) atoms. The number of rotatable bonds is 4. The number of nitrogens with zero attached hydrogens (tertiary/aromatic N) is 3. The largest absolute Gasteiger partial charge is 0.489 e. The fraction of sp³-hybridized carbons (Fsp3) is 0.565. The van der Waals surface area contributed by atoms with Crippen LogP contribution in [0.1, 0.15) is 57.1 Å². The zero-order valence-corrected chi connectivity index (χ0v) is 17.8. The molecule has 1 aromatic heterocycles. The standard InChI is InChI=1S/C23H29FN4O3/c1-14-5-6-18-21(28(14)23(29)30)20(24)11-19(22(18)31-17-3-2-4-17)15-12-26-27(13-15)16-7-9-25-10-8-16/h11-14,16-17,25H,2-10H2,1H3,(H,29,30)/t14-/m0/s1. The van der Waals surface area contributed by atoms with E-state index in [1.165, 1.54) is 6.07 Å². The minimum absolute atomic E-state index is 0.102. The molecule has 0 spiro atoms. The van der Waals surface area contributed by atoms with Crippen molar-refractivity contribution in [3.63, 3.8) is 0 Å². The number of carbonyl (C=O) groups is 1. The molecule has 0 unspecified atom stereocenters. The lowest BCUT2D eigenvalue weighted by Gasteiger charge is -2.36. The molecule has 2 aliphatic heterocycles.